The molecule has 8 nitrogen and oxygen atoms in total. The molecule has 37 heavy (non-hydrogen) atoms. The Hall–Kier alpha value is -3.01. The van der Waals surface area contributed by atoms with Crippen molar-refractivity contribution < 1.29 is 13.2 Å². The van der Waals surface area contributed by atoms with Crippen molar-refractivity contribution in [3.05, 3.63) is 65.9 Å². The summed E-state index contributed by atoms with van der Waals surface area (Å²) in [5.74, 6) is 1.15. The molecule has 2 heterocycles. The second kappa shape index (κ2) is 11.2. The topological polar surface area (TPSA) is 96.4 Å². The minimum atomic E-state index is -3.40. The van der Waals surface area contributed by atoms with Crippen molar-refractivity contribution in [2.45, 2.75) is 45.6 Å². The van der Waals surface area contributed by atoms with Gasteiger partial charge in [0.15, 0.2) is 9.84 Å². The number of benzene rings is 2. The number of aryl methyl sites for hydroxylation is 1. The summed E-state index contributed by atoms with van der Waals surface area (Å²) in [6.45, 7) is 13.3. The van der Waals surface area contributed by atoms with Gasteiger partial charge in [-0.05, 0) is 55.2 Å². The van der Waals surface area contributed by atoms with Crippen molar-refractivity contribution in [2.24, 2.45) is 5.41 Å². The van der Waals surface area contributed by atoms with Crippen molar-refractivity contribution >= 4 is 33.0 Å². The molecule has 0 bridgehead atoms. The molecule has 1 saturated heterocycles. The Labute approximate surface area is 220 Å². The normalized spacial score (nSPS) is 15.8. The number of aromatic nitrogens is 2. The summed E-state index contributed by atoms with van der Waals surface area (Å²) in [6.07, 6.45) is 1.74. The number of anilines is 4. The summed E-state index contributed by atoms with van der Waals surface area (Å²) < 4.78 is 31.2. The van der Waals surface area contributed by atoms with Crippen LogP contribution in [0.15, 0.2) is 59.6 Å². The fraction of sp³-hybridized carbons (Fsp3) is 0.429. The quantitative estimate of drug-likeness (QED) is 0.400. The molecular formula is C28H37N5O3S. The lowest BCUT2D eigenvalue weighted by Crippen LogP contribution is -2.37. The van der Waals surface area contributed by atoms with Gasteiger partial charge in [0.1, 0.15) is 5.82 Å². The third kappa shape index (κ3) is 7.28. The highest BCUT2D eigenvalue weighted by Gasteiger charge is 2.24. The Balaban J connectivity index is 1.46. The van der Waals surface area contributed by atoms with Crippen LogP contribution in [-0.4, -0.2) is 55.3 Å². The summed E-state index contributed by atoms with van der Waals surface area (Å²) in [5, 5.41) is 6.54. The molecule has 0 amide bonds. The van der Waals surface area contributed by atoms with Gasteiger partial charge in [-0.3, -0.25) is 4.90 Å². The number of morpholine rings is 1. The van der Waals surface area contributed by atoms with E-state index in [4.69, 9.17) is 4.74 Å². The van der Waals surface area contributed by atoms with E-state index in [2.05, 4.69) is 44.6 Å². The zero-order valence-electron chi connectivity index (χ0n) is 22.3. The van der Waals surface area contributed by atoms with Gasteiger partial charge in [-0.2, -0.15) is 4.98 Å². The molecule has 4 rings (SSSR count). The maximum Gasteiger partial charge on any atom is 0.229 e. The van der Waals surface area contributed by atoms with Crippen molar-refractivity contribution in [1.29, 1.82) is 0 Å². The molecule has 1 atom stereocenters. The fourth-order valence-corrected chi connectivity index (χ4v) is 6.24. The summed E-state index contributed by atoms with van der Waals surface area (Å²) in [7, 11) is -3.40. The first-order valence-electron chi connectivity index (χ1n) is 12.6. The van der Waals surface area contributed by atoms with Crippen LogP contribution < -0.4 is 10.6 Å². The SMILES string of the molecule is Cc1cnc(Nc2ccc(C(C)N3CCOCC3)cc2)nc1Nc1cccc(S(=O)(=O)CC(C)(C)C)c1. The van der Waals surface area contributed by atoms with Gasteiger partial charge in [-0.1, -0.05) is 39.0 Å². The molecule has 0 saturated carbocycles. The van der Waals surface area contributed by atoms with Crippen LogP contribution in [0.4, 0.5) is 23.1 Å². The maximum atomic E-state index is 12.9. The van der Waals surface area contributed by atoms with Crippen LogP contribution in [-0.2, 0) is 14.6 Å². The lowest BCUT2D eigenvalue weighted by molar-refractivity contribution is 0.0198. The van der Waals surface area contributed by atoms with E-state index in [-0.39, 0.29) is 11.2 Å². The highest BCUT2D eigenvalue weighted by atomic mass is 32.2. The Morgan fingerprint density at radius 2 is 1.73 bits per heavy atom. The zero-order valence-corrected chi connectivity index (χ0v) is 23.1. The van der Waals surface area contributed by atoms with Gasteiger partial charge in [-0.15, -0.1) is 0 Å². The van der Waals surface area contributed by atoms with E-state index in [0.717, 1.165) is 37.6 Å². The minimum absolute atomic E-state index is 0.0775. The maximum absolute atomic E-state index is 12.9. The van der Waals surface area contributed by atoms with Crippen molar-refractivity contribution in [1.82, 2.24) is 14.9 Å². The average molecular weight is 524 g/mol. The van der Waals surface area contributed by atoms with Gasteiger partial charge in [-0.25, -0.2) is 13.4 Å². The number of rotatable bonds is 8. The van der Waals surface area contributed by atoms with Gasteiger partial charge in [0.2, 0.25) is 5.95 Å². The lowest BCUT2D eigenvalue weighted by atomic mass is 10.0. The summed E-state index contributed by atoms with van der Waals surface area (Å²) in [4.78, 5) is 11.8. The summed E-state index contributed by atoms with van der Waals surface area (Å²) in [6, 6.07) is 15.5. The van der Waals surface area contributed by atoms with Crippen molar-refractivity contribution in [2.75, 3.05) is 42.7 Å². The predicted octanol–water partition coefficient (Wildman–Crippen LogP) is 5.49. The van der Waals surface area contributed by atoms with Crippen LogP contribution in [0.25, 0.3) is 0 Å². The molecule has 198 valence electrons. The lowest BCUT2D eigenvalue weighted by Gasteiger charge is -2.32. The van der Waals surface area contributed by atoms with Crippen LogP contribution in [0.1, 0.15) is 44.9 Å². The second-order valence-corrected chi connectivity index (χ2v) is 12.8. The van der Waals surface area contributed by atoms with E-state index in [1.54, 1.807) is 24.4 Å². The number of sulfone groups is 1. The molecule has 1 aliphatic heterocycles. The van der Waals surface area contributed by atoms with Crippen LogP contribution in [0.2, 0.25) is 0 Å². The predicted molar refractivity (Wildman–Crippen MR) is 149 cm³/mol. The van der Waals surface area contributed by atoms with E-state index < -0.39 is 9.84 Å². The number of nitrogens with one attached hydrogen (secondary N) is 2. The van der Waals surface area contributed by atoms with Gasteiger partial charge in [0, 0.05) is 42.3 Å². The van der Waals surface area contributed by atoms with Crippen LogP contribution in [0.5, 0.6) is 0 Å². The minimum Gasteiger partial charge on any atom is -0.379 e. The Kier molecular flexibility index (Phi) is 8.16. The average Bonchev–Trinajstić information content (AvgIpc) is 2.85. The molecule has 9 heteroatoms. The first-order valence-corrected chi connectivity index (χ1v) is 14.3. The fourth-order valence-electron chi connectivity index (χ4n) is 4.34. The van der Waals surface area contributed by atoms with E-state index in [1.807, 2.05) is 45.9 Å². The largest absolute Gasteiger partial charge is 0.379 e. The third-order valence-electron chi connectivity index (χ3n) is 6.29. The molecule has 1 aliphatic rings. The Bertz CT molecular complexity index is 1310. The third-order valence-corrected chi connectivity index (χ3v) is 8.51. The molecule has 1 unspecified atom stereocenters. The highest BCUT2D eigenvalue weighted by molar-refractivity contribution is 7.91. The van der Waals surface area contributed by atoms with Crippen molar-refractivity contribution in [3.8, 4) is 0 Å². The van der Waals surface area contributed by atoms with Gasteiger partial charge >= 0.3 is 0 Å². The van der Waals surface area contributed by atoms with Crippen LogP contribution in [0.3, 0.4) is 0 Å². The molecule has 1 aromatic heterocycles. The summed E-state index contributed by atoms with van der Waals surface area (Å²) >= 11 is 0. The Morgan fingerprint density at radius 1 is 1.03 bits per heavy atom. The summed E-state index contributed by atoms with van der Waals surface area (Å²) in [5.41, 5.74) is 3.32. The van der Waals surface area contributed by atoms with E-state index in [9.17, 15) is 8.42 Å². The van der Waals surface area contributed by atoms with E-state index in [0.29, 0.717) is 28.4 Å². The molecule has 1 fully saturated rings. The molecule has 0 radical (unpaired) electrons. The van der Waals surface area contributed by atoms with Gasteiger partial charge in [0.05, 0.1) is 23.9 Å². The van der Waals surface area contributed by atoms with Crippen LogP contribution >= 0.6 is 0 Å². The van der Waals surface area contributed by atoms with Crippen LogP contribution in [0, 0.1) is 12.3 Å². The zero-order chi connectivity index (χ0) is 26.6. The monoisotopic (exact) mass is 523 g/mol. The van der Waals surface area contributed by atoms with Crippen molar-refractivity contribution in [3.63, 3.8) is 0 Å². The smallest absolute Gasteiger partial charge is 0.229 e. The second-order valence-electron chi connectivity index (χ2n) is 10.8. The number of hydrogen-bond donors (Lipinski definition) is 2. The first kappa shape index (κ1) is 27.0. The molecular weight excluding hydrogens is 486 g/mol. The molecule has 3 aromatic rings. The molecule has 0 aliphatic carbocycles. The first-order chi connectivity index (χ1) is 17.5. The highest BCUT2D eigenvalue weighted by Crippen LogP contribution is 2.27. The number of nitrogens with zero attached hydrogens (tertiary/aromatic N) is 3. The van der Waals surface area contributed by atoms with E-state index >= 15 is 0 Å². The van der Waals surface area contributed by atoms with Gasteiger partial charge in [0.25, 0.3) is 0 Å². The Morgan fingerprint density at radius 3 is 2.41 bits per heavy atom. The number of hydrogen-bond acceptors (Lipinski definition) is 8. The van der Waals surface area contributed by atoms with Gasteiger partial charge < -0.3 is 15.4 Å². The van der Waals surface area contributed by atoms with E-state index in [1.165, 1.54) is 5.56 Å². The number of ether oxygens (including phenoxy) is 1. The molecule has 0 spiro atoms. The standard InChI is InChI=1S/C28H37N5O3S/c1-20-18-29-27(31-23-11-9-22(10-12-23)21(2)33-13-15-36-16-14-33)32-26(20)30-24-7-6-8-25(17-24)37(34,35)19-28(3,4)5/h6-12,17-18,21H,13-16,19H2,1-5H3,(H2,29,30,31,32). The molecule has 2 aromatic carbocycles. The molecule has 2 N–H and O–H groups in total.